The van der Waals surface area contributed by atoms with E-state index >= 15 is 0 Å². The van der Waals surface area contributed by atoms with Gasteiger partial charge in [0.15, 0.2) is 0 Å². The zero-order valence-electron chi connectivity index (χ0n) is 11.2. The minimum absolute atomic E-state index is 0.0430. The summed E-state index contributed by atoms with van der Waals surface area (Å²) in [6.45, 7) is 3.80. The van der Waals surface area contributed by atoms with Crippen molar-refractivity contribution in [3.8, 4) is 0 Å². The number of nitrogens with zero attached hydrogens (tertiary/aromatic N) is 1. The second kappa shape index (κ2) is 5.65. The van der Waals surface area contributed by atoms with Crippen molar-refractivity contribution in [1.29, 1.82) is 0 Å². The Morgan fingerprint density at radius 1 is 1.44 bits per heavy atom. The van der Waals surface area contributed by atoms with Crippen molar-refractivity contribution in [2.75, 3.05) is 13.6 Å². The maximum atomic E-state index is 12.3. The molecule has 0 unspecified atom stereocenters. The number of rotatable bonds is 5. The third kappa shape index (κ3) is 2.98. The Morgan fingerprint density at radius 2 is 2.00 bits per heavy atom. The molecule has 0 spiro atoms. The van der Waals surface area contributed by atoms with E-state index < -0.39 is 5.41 Å². The van der Waals surface area contributed by atoms with Gasteiger partial charge >= 0.3 is 0 Å². The van der Waals surface area contributed by atoms with Crippen LogP contribution in [-0.2, 0) is 9.59 Å². The average Bonchev–Trinajstić information content (AvgIpc) is 2.12. The molecule has 0 saturated heterocycles. The van der Waals surface area contributed by atoms with Gasteiger partial charge in [-0.25, -0.2) is 0 Å². The number of nitrogens with two attached hydrogens (primary N) is 1. The molecule has 102 valence electrons. The highest BCUT2D eigenvalue weighted by Gasteiger charge is 2.48. The maximum absolute atomic E-state index is 12.3. The molecule has 18 heavy (non-hydrogen) atoms. The lowest BCUT2D eigenvalue weighted by Crippen LogP contribution is -2.55. The molecular weight excluding hydrogens is 250 g/mol. The molecule has 3 N–H and O–H groups in total. The number of nitrogens with one attached hydrogen (secondary N) is 1. The second-order valence-electron chi connectivity index (χ2n) is 5.18. The van der Waals surface area contributed by atoms with Crippen LogP contribution in [0.1, 0.15) is 33.1 Å². The van der Waals surface area contributed by atoms with Gasteiger partial charge in [-0.15, -0.1) is 0 Å². The lowest BCUT2D eigenvalue weighted by atomic mass is 9.67. The van der Waals surface area contributed by atoms with Crippen molar-refractivity contribution in [2.24, 2.45) is 11.1 Å². The molecule has 1 saturated carbocycles. The molecule has 0 aromatic carbocycles. The van der Waals surface area contributed by atoms with Crippen LogP contribution >= 0.6 is 12.2 Å². The fourth-order valence-electron chi connectivity index (χ4n) is 2.12. The number of amides is 2. The Morgan fingerprint density at radius 3 is 2.33 bits per heavy atom. The second-order valence-corrected chi connectivity index (χ2v) is 5.62. The van der Waals surface area contributed by atoms with Gasteiger partial charge in [0.25, 0.3) is 0 Å². The molecule has 0 aromatic rings. The molecule has 2 amide bonds. The summed E-state index contributed by atoms with van der Waals surface area (Å²) in [5, 5.41) is 2.75. The summed E-state index contributed by atoms with van der Waals surface area (Å²) in [7, 11) is 1.61. The molecule has 0 radical (unpaired) electrons. The summed E-state index contributed by atoms with van der Waals surface area (Å²) in [4.78, 5) is 25.5. The fraction of sp³-hybridized carbons (Fsp3) is 0.750. The molecule has 0 atom stereocenters. The Balaban J connectivity index is 2.61. The first-order valence-corrected chi connectivity index (χ1v) is 6.55. The van der Waals surface area contributed by atoms with Crippen LogP contribution in [0.15, 0.2) is 0 Å². The van der Waals surface area contributed by atoms with E-state index in [-0.39, 0.29) is 29.4 Å². The SMILES string of the molecule is CC(C)NC(=O)CN(C)C(=O)C1(C(N)=S)CCC1. The molecule has 1 fully saturated rings. The summed E-state index contributed by atoms with van der Waals surface area (Å²) in [6, 6.07) is 0.0641. The van der Waals surface area contributed by atoms with Gasteiger partial charge in [-0.05, 0) is 26.7 Å². The predicted molar refractivity (Wildman–Crippen MR) is 74.0 cm³/mol. The molecule has 1 aliphatic carbocycles. The molecule has 1 rings (SSSR count). The van der Waals surface area contributed by atoms with Gasteiger partial charge in [-0.2, -0.15) is 0 Å². The normalized spacial score (nSPS) is 16.9. The van der Waals surface area contributed by atoms with E-state index in [1.54, 1.807) is 7.05 Å². The molecule has 0 aromatic heterocycles. The minimum atomic E-state index is -0.706. The van der Waals surface area contributed by atoms with Crippen LogP contribution in [0.4, 0.5) is 0 Å². The fourth-order valence-corrected chi connectivity index (χ4v) is 2.41. The lowest BCUT2D eigenvalue weighted by molar-refractivity contribution is -0.143. The van der Waals surface area contributed by atoms with E-state index in [9.17, 15) is 9.59 Å². The predicted octanol–water partition coefficient (Wildman–Crippen LogP) is 0.426. The zero-order valence-corrected chi connectivity index (χ0v) is 12.0. The summed E-state index contributed by atoms with van der Waals surface area (Å²) in [5.74, 6) is -0.307. The Hall–Kier alpha value is -1.17. The van der Waals surface area contributed by atoms with Crippen molar-refractivity contribution < 1.29 is 9.59 Å². The van der Waals surface area contributed by atoms with Crippen LogP contribution in [0.2, 0.25) is 0 Å². The lowest BCUT2D eigenvalue weighted by Gasteiger charge is -2.41. The molecule has 0 bridgehead atoms. The highest BCUT2D eigenvalue weighted by molar-refractivity contribution is 7.80. The van der Waals surface area contributed by atoms with E-state index in [0.29, 0.717) is 12.8 Å². The largest absolute Gasteiger partial charge is 0.392 e. The van der Waals surface area contributed by atoms with Crippen molar-refractivity contribution in [3.63, 3.8) is 0 Å². The number of hydrogen-bond acceptors (Lipinski definition) is 3. The quantitative estimate of drug-likeness (QED) is 0.711. The van der Waals surface area contributed by atoms with Gasteiger partial charge in [0.05, 0.1) is 16.9 Å². The minimum Gasteiger partial charge on any atom is -0.392 e. The van der Waals surface area contributed by atoms with Crippen molar-refractivity contribution >= 4 is 29.0 Å². The first-order valence-electron chi connectivity index (χ1n) is 6.14. The Kier molecular flexibility index (Phi) is 4.67. The van der Waals surface area contributed by atoms with E-state index in [2.05, 4.69) is 5.32 Å². The third-order valence-corrected chi connectivity index (χ3v) is 3.66. The standard InChI is InChI=1S/C12H21N3O2S/c1-8(2)14-9(16)7-15(3)11(17)12(10(13)18)5-4-6-12/h8H,4-7H2,1-3H3,(H2,13,18)(H,14,16). The summed E-state index contributed by atoms with van der Waals surface area (Å²) in [5.41, 5.74) is 4.96. The first kappa shape index (κ1) is 14.9. The van der Waals surface area contributed by atoms with Gasteiger partial charge in [0.2, 0.25) is 11.8 Å². The zero-order chi connectivity index (χ0) is 13.9. The molecule has 0 aliphatic heterocycles. The number of carbonyl (C=O) groups excluding carboxylic acids is 2. The Labute approximate surface area is 113 Å². The van der Waals surface area contributed by atoms with Gasteiger partial charge in [0.1, 0.15) is 0 Å². The van der Waals surface area contributed by atoms with Crippen LogP contribution in [0.3, 0.4) is 0 Å². The number of hydrogen-bond donors (Lipinski definition) is 2. The van der Waals surface area contributed by atoms with Gasteiger partial charge in [0, 0.05) is 13.1 Å². The maximum Gasteiger partial charge on any atom is 0.239 e. The molecule has 5 nitrogen and oxygen atoms in total. The van der Waals surface area contributed by atoms with Crippen LogP contribution < -0.4 is 11.1 Å². The van der Waals surface area contributed by atoms with Crippen LogP contribution in [0.5, 0.6) is 0 Å². The number of carbonyl (C=O) groups is 2. The van der Waals surface area contributed by atoms with Gasteiger partial charge in [-0.3, -0.25) is 9.59 Å². The van der Waals surface area contributed by atoms with E-state index in [4.69, 9.17) is 18.0 Å². The summed E-state index contributed by atoms with van der Waals surface area (Å²) < 4.78 is 0. The molecule has 6 heteroatoms. The summed E-state index contributed by atoms with van der Waals surface area (Å²) >= 11 is 4.99. The van der Waals surface area contributed by atoms with Crippen LogP contribution in [0, 0.1) is 5.41 Å². The van der Waals surface area contributed by atoms with E-state index in [1.165, 1.54) is 4.90 Å². The van der Waals surface area contributed by atoms with E-state index in [0.717, 1.165) is 6.42 Å². The molecule has 1 aliphatic rings. The van der Waals surface area contributed by atoms with E-state index in [1.807, 2.05) is 13.8 Å². The van der Waals surface area contributed by atoms with Crippen molar-refractivity contribution in [1.82, 2.24) is 10.2 Å². The van der Waals surface area contributed by atoms with Gasteiger partial charge in [-0.1, -0.05) is 18.6 Å². The van der Waals surface area contributed by atoms with Gasteiger partial charge < -0.3 is 16.0 Å². The van der Waals surface area contributed by atoms with Crippen molar-refractivity contribution in [2.45, 2.75) is 39.2 Å². The molecule has 0 heterocycles. The first-order chi connectivity index (χ1) is 8.29. The topological polar surface area (TPSA) is 75.4 Å². The average molecular weight is 271 g/mol. The monoisotopic (exact) mass is 271 g/mol. The summed E-state index contributed by atoms with van der Waals surface area (Å²) in [6.07, 6.45) is 2.34. The third-order valence-electron chi connectivity index (χ3n) is 3.27. The highest BCUT2D eigenvalue weighted by atomic mass is 32.1. The van der Waals surface area contributed by atoms with Crippen LogP contribution in [-0.4, -0.2) is 41.3 Å². The number of thiocarbonyl (C=S) groups is 1. The van der Waals surface area contributed by atoms with Crippen LogP contribution in [0.25, 0.3) is 0 Å². The van der Waals surface area contributed by atoms with Crippen molar-refractivity contribution in [3.05, 3.63) is 0 Å². The highest BCUT2D eigenvalue weighted by Crippen LogP contribution is 2.42. The molecular formula is C12H21N3O2S. The smallest absolute Gasteiger partial charge is 0.239 e. The Bertz CT molecular complexity index is 364. The number of likely N-dealkylation sites (N-methyl/N-ethyl adjacent to an activating group) is 1.